The molecule has 1 fully saturated rings. The number of benzene rings is 3. The molecule has 0 bridgehead atoms. The van der Waals surface area contributed by atoms with Crippen LogP contribution in [0.5, 0.6) is 11.5 Å². The number of urea groups is 1. The molecule has 45 heavy (non-hydrogen) atoms. The summed E-state index contributed by atoms with van der Waals surface area (Å²) in [6, 6.07) is 16.9. The van der Waals surface area contributed by atoms with Gasteiger partial charge >= 0.3 is 6.03 Å². The van der Waals surface area contributed by atoms with Gasteiger partial charge in [0.15, 0.2) is 0 Å². The number of ether oxygens (including phenoxy) is 1. The number of carbonyl (C=O) groups excluding carboxylic acids is 1. The van der Waals surface area contributed by atoms with Crippen LogP contribution >= 0.6 is 0 Å². The minimum atomic E-state index is -3.58. The number of likely N-dealkylation sites (tertiary alicyclic amines) is 1. The van der Waals surface area contributed by atoms with Gasteiger partial charge in [-0.2, -0.15) is 0 Å². The number of sulfonamides is 1. The van der Waals surface area contributed by atoms with E-state index in [0.717, 1.165) is 63.0 Å². The number of amides is 2. The van der Waals surface area contributed by atoms with Crippen LogP contribution in [0, 0.1) is 11.6 Å². The van der Waals surface area contributed by atoms with Gasteiger partial charge in [0.25, 0.3) is 0 Å². The standard InChI is InChI=1S/C33H43F2N5O4S/c1-4-5-19-40(33(41)37-32-15-8-26(34)23-31(32)35)27-16-20-39(21-17-27)24-25-6-9-28(10-7-25)44-29-11-13-30(14-12-29)45(42,43)36-18-22-38(2)3/h6-15,23,27,36H,4-5,16-22,24H2,1-3H3,(H,37,41). The van der Waals surface area contributed by atoms with Crippen molar-refractivity contribution < 1.29 is 26.7 Å². The summed E-state index contributed by atoms with van der Waals surface area (Å²) in [5.41, 5.74) is 1.10. The minimum absolute atomic E-state index is 0.0267. The highest BCUT2D eigenvalue weighted by atomic mass is 32.2. The Labute approximate surface area is 265 Å². The second kappa shape index (κ2) is 16.1. The lowest BCUT2D eigenvalue weighted by Crippen LogP contribution is -2.49. The molecule has 1 saturated heterocycles. The molecule has 9 nitrogen and oxygen atoms in total. The van der Waals surface area contributed by atoms with Crippen LogP contribution < -0.4 is 14.8 Å². The first-order valence-electron chi connectivity index (χ1n) is 15.3. The molecule has 1 aliphatic rings. The van der Waals surface area contributed by atoms with Gasteiger partial charge < -0.3 is 19.9 Å². The highest BCUT2D eigenvalue weighted by Crippen LogP contribution is 2.25. The third kappa shape index (κ3) is 10.2. The lowest BCUT2D eigenvalue weighted by molar-refractivity contribution is 0.122. The maximum atomic E-state index is 14.2. The van der Waals surface area contributed by atoms with Crippen molar-refractivity contribution in [2.24, 2.45) is 0 Å². The van der Waals surface area contributed by atoms with Crippen molar-refractivity contribution in [2.75, 3.05) is 52.1 Å². The van der Waals surface area contributed by atoms with Gasteiger partial charge in [0, 0.05) is 51.4 Å². The highest BCUT2D eigenvalue weighted by Gasteiger charge is 2.28. The highest BCUT2D eigenvalue weighted by molar-refractivity contribution is 7.89. The van der Waals surface area contributed by atoms with E-state index < -0.39 is 21.7 Å². The summed E-state index contributed by atoms with van der Waals surface area (Å²) < 4.78 is 60.9. The number of halogens is 2. The van der Waals surface area contributed by atoms with Crippen LogP contribution in [0.3, 0.4) is 0 Å². The van der Waals surface area contributed by atoms with E-state index in [0.29, 0.717) is 31.1 Å². The molecule has 244 valence electrons. The SMILES string of the molecule is CCCCN(C(=O)Nc1ccc(F)cc1F)C1CCN(Cc2ccc(Oc3ccc(S(=O)(=O)NCCN(C)C)cc3)cc2)CC1. The average Bonchev–Trinajstić information content (AvgIpc) is 3.00. The summed E-state index contributed by atoms with van der Waals surface area (Å²) in [7, 11) is 0.181. The monoisotopic (exact) mass is 643 g/mol. The third-order valence-corrected chi connectivity index (χ3v) is 9.21. The van der Waals surface area contributed by atoms with Crippen LogP contribution in [-0.2, 0) is 16.6 Å². The predicted octanol–water partition coefficient (Wildman–Crippen LogP) is 5.90. The van der Waals surface area contributed by atoms with Crippen molar-refractivity contribution in [3.8, 4) is 11.5 Å². The normalized spacial score (nSPS) is 14.4. The molecule has 0 aromatic heterocycles. The molecule has 12 heteroatoms. The number of hydrogen-bond acceptors (Lipinski definition) is 6. The molecule has 1 heterocycles. The van der Waals surface area contributed by atoms with E-state index in [9.17, 15) is 22.0 Å². The van der Waals surface area contributed by atoms with Crippen LogP contribution in [0.15, 0.2) is 71.6 Å². The molecule has 0 saturated carbocycles. The number of carbonyl (C=O) groups is 1. The summed E-state index contributed by atoms with van der Waals surface area (Å²) in [4.78, 5) is 19.3. The molecule has 3 aromatic carbocycles. The molecule has 2 amide bonds. The number of rotatable bonds is 14. The second-order valence-corrected chi connectivity index (χ2v) is 13.3. The molecule has 4 rings (SSSR count). The Kier molecular flexibility index (Phi) is 12.3. The van der Waals surface area contributed by atoms with E-state index in [1.165, 1.54) is 18.2 Å². The van der Waals surface area contributed by atoms with E-state index in [2.05, 4.69) is 21.9 Å². The molecule has 0 aliphatic carbocycles. The summed E-state index contributed by atoms with van der Waals surface area (Å²) in [6.45, 7) is 5.93. The minimum Gasteiger partial charge on any atom is -0.457 e. The quantitative estimate of drug-likeness (QED) is 0.228. The Balaban J connectivity index is 1.27. The largest absolute Gasteiger partial charge is 0.457 e. The first-order chi connectivity index (χ1) is 21.5. The lowest BCUT2D eigenvalue weighted by atomic mass is 10.0. The van der Waals surface area contributed by atoms with Crippen molar-refractivity contribution >= 4 is 21.7 Å². The molecule has 2 N–H and O–H groups in total. The number of piperidine rings is 1. The zero-order valence-corrected chi connectivity index (χ0v) is 27.0. The van der Waals surface area contributed by atoms with Crippen LogP contribution in [0.2, 0.25) is 0 Å². The van der Waals surface area contributed by atoms with E-state index >= 15 is 0 Å². The van der Waals surface area contributed by atoms with Crippen molar-refractivity contribution in [2.45, 2.75) is 50.1 Å². The van der Waals surface area contributed by atoms with Gasteiger partial charge in [-0.15, -0.1) is 0 Å². The molecule has 3 aromatic rings. The first kappa shape index (κ1) is 34.3. The summed E-state index contributed by atoms with van der Waals surface area (Å²) in [5.74, 6) is -0.298. The van der Waals surface area contributed by atoms with Crippen LogP contribution in [0.4, 0.5) is 19.3 Å². The lowest BCUT2D eigenvalue weighted by Gasteiger charge is -2.38. The number of hydrogen-bond donors (Lipinski definition) is 2. The van der Waals surface area contributed by atoms with E-state index in [1.54, 1.807) is 17.0 Å². The molecule has 0 radical (unpaired) electrons. The Bertz CT molecular complexity index is 1500. The van der Waals surface area contributed by atoms with E-state index in [1.807, 2.05) is 43.3 Å². The fourth-order valence-corrected chi connectivity index (χ4v) is 6.20. The van der Waals surface area contributed by atoms with Crippen LogP contribution in [0.25, 0.3) is 0 Å². The zero-order chi connectivity index (χ0) is 32.4. The van der Waals surface area contributed by atoms with Gasteiger partial charge in [-0.1, -0.05) is 25.5 Å². The Morgan fingerprint density at radius 3 is 2.20 bits per heavy atom. The summed E-state index contributed by atoms with van der Waals surface area (Å²) in [5, 5.41) is 2.63. The Hall–Kier alpha value is -3.58. The third-order valence-electron chi connectivity index (χ3n) is 7.73. The number of likely N-dealkylation sites (N-methyl/N-ethyl adjacent to an activating group) is 1. The van der Waals surface area contributed by atoms with E-state index in [-0.39, 0.29) is 22.7 Å². The van der Waals surface area contributed by atoms with Crippen molar-refractivity contribution in [3.63, 3.8) is 0 Å². The van der Waals surface area contributed by atoms with Gasteiger partial charge in [0.1, 0.15) is 23.1 Å². The maximum Gasteiger partial charge on any atom is 0.322 e. The molecular formula is C33H43F2N5O4S. The molecule has 0 atom stereocenters. The van der Waals surface area contributed by atoms with Crippen LogP contribution in [0.1, 0.15) is 38.2 Å². The molecular weight excluding hydrogens is 600 g/mol. The number of unbranched alkanes of at least 4 members (excludes halogenated alkanes) is 1. The van der Waals surface area contributed by atoms with Gasteiger partial charge in [0.05, 0.1) is 10.6 Å². The Morgan fingerprint density at radius 2 is 1.60 bits per heavy atom. The predicted molar refractivity (Wildman–Crippen MR) is 172 cm³/mol. The van der Waals surface area contributed by atoms with Crippen LogP contribution in [-0.4, -0.2) is 82.0 Å². The van der Waals surface area contributed by atoms with Crippen molar-refractivity contribution in [3.05, 3.63) is 83.9 Å². The smallest absolute Gasteiger partial charge is 0.322 e. The number of anilines is 1. The molecule has 0 spiro atoms. The van der Waals surface area contributed by atoms with Gasteiger partial charge in [-0.25, -0.2) is 26.7 Å². The number of nitrogens with one attached hydrogen (secondary N) is 2. The fraction of sp³-hybridized carbons (Fsp3) is 0.424. The van der Waals surface area contributed by atoms with Gasteiger partial charge in [-0.3, -0.25) is 4.90 Å². The first-order valence-corrected chi connectivity index (χ1v) is 16.8. The maximum absolute atomic E-state index is 14.2. The van der Waals surface area contributed by atoms with E-state index in [4.69, 9.17) is 4.74 Å². The van der Waals surface area contributed by atoms with Crippen molar-refractivity contribution in [1.82, 2.24) is 19.4 Å². The summed E-state index contributed by atoms with van der Waals surface area (Å²) >= 11 is 0. The Morgan fingerprint density at radius 1 is 0.956 bits per heavy atom. The zero-order valence-electron chi connectivity index (χ0n) is 26.1. The van der Waals surface area contributed by atoms with Gasteiger partial charge in [0.2, 0.25) is 10.0 Å². The number of nitrogens with zero attached hydrogens (tertiary/aromatic N) is 3. The average molecular weight is 644 g/mol. The fourth-order valence-electron chi connectivity index (χ4n) is 5.18. The van der Waals surface area contributed by atoms with Gasteiger partial charge in [-0.05, 0) is 87.5 Å². The van der Waals surface area contributed by atoms with Crippen molar-refractivity contribution in [1.29, 1.82) is 0 Å². The summed E-state index contributed by atoms with van der Waals surface area (Å²) in [6.07, 6.45) is 3.35. The molecule has 0 unspecified atom stereocenters. The molecule has 1 aliphatic heterocycles. The topological polar surface area (TPSA) is 94.2 Å². The second-order valence-electron chi connectivity index (χ2n) is 11.5.